The topological polar surface area (TPSA) is 67.3 Å². The molecule has 138 valence electrons. The minimum absolute atomic E-state index is 0.725. The fourth-order valence-electron chi connectivity index (χ4n) is 3.70. The van der Waals surface area contributed by atoms with E-state index in [2.05, 4.69) is 10.2 Å². The van der Waals surface area contributed by atoms with Gasteiger partial charge in [-0.15, -0.1) is 0 Å². The highest BCUT2D eigenvalue weighted by Crippen LogP contribution is 2.20. The summed E-state index contributed by atoms with van der Waals surface area (Å²) < 4.78 is 0. The van der Waals surface area contributed by atoms with E-state index in [1.54, 1.807) is 0 Å². The van der Waals surface area contributed by atoms with Crippen molar-refractivity contribution in [2.24, 2.45) is 17.4 Å². The molecule has 23 heavy (non-hydrogen) atoms. The maximum absolute atomic E-state index is 5.66. The molecule has 1 aliphatic rings. The maximum Gasteiger partial charge on any atom is 0.0108 e. The Kier molecular flexibility index (Phi) is 14.0. The highest BCUT2D eigenvalue weighted by molar-refractivity contribution is 4.67. The van der Waals surface area contributed by atoms with Crippen LogP contribution < -0.4 is 16.8 Å². The first-order valence-electron chi connectivity index (χ1n) is 10.2. The van der Waals surface area contributed by atoms with Gasteiger partial charge < -0.3 is 16.8 Å². The van der Waals surface area contributed by atoms with Crippen LogP contribution in [-0.2, 0) is 0 Å². The third-order valence-corrected chi connectivity index (χ3v) is 5.15. The van der Waals surface area contributed by atoms with Crippen LogP contribution in [0.5, 0.6) is 0 Å². The lowest BCUT2D eigenvalue weighted by atomic mass is 9.93. The molecular weight excluding hydrogens is 284 g/mol. The minimum atomic E-state index is 0.725. The van der Waals surface area contributed by atoms with E-state index in [1.807, 2.05) is 0 Å². The van der Waals surface area contributed by atoms with Crippen molar-refractivity contribution >= 4 is 0 Å². The van der Waals surface area contributed by atoms with Crippen molar-refractivity contribution in [2.75, 3.05) is 45.8 Å². The Morgan fingerprint density at radius 3 is 1.65 bits per heavy atom. The lowest BCUT2D eigenvalue weighted by Gasteiger charge is -2.22. The van der Waals surface area contributed by atoms with Crippen molar-refractivity contribution in [1.29, 1.82) is 0 Å². The number of hydrogen-bond acceptors (Lipinski definition) is 4. The minimum Gasteiger partial charge on any atom is -0.329 e. The fourth-order valence-corrected chi connectivity index (χ4v) is 3.70. The van der Waals surface area contributed by atoms with Crippen molar-refractivity contribution in [3.05, 3.63) is 0 Å². The standard InChI is InChI=1S/C19H42N4/c20-12-15-23(16-13-21)17-14-22-18-19-10-8-6-4-2-1-3-5-7-9-11-19/h19,22H,1-18,20-21H2. The molecule has 0 bridgehead atoms. The van der Waals surface area contributed by atoms with Gasteiger partial charge in [-0.2, -0.15) is 0 Å². The summed E-state index contributed by atoms with van der Waals surface area (Å²) in [6, 6.07) is 0. The van der Waals surface area contributed by atoms with Crippen LogP contribution in [0.25, 0.3) is 0 Å². The molecule has 0 amide bonds. The predicted molar refractivity (Wildman–Crippen MR) is 102 cm³/mol. The van der Waals surface area contributed by atoms with Crippen molar-refractivity contribution in [1.82, 2.24) is 10.2 Å². The molecule has 4 nitrogen and oxygen atoms in total. The third kappa shape index (κ3) is 11.9. The summed E-state index contributed by atoms with van der Waals surface area (Å²) in [6.07, 6.45) is 15.9. The Labute approximate surface area is 144 Å². The number of rotatable bonds is 9. The van der Waals surface area contributed by atoms with Crippen LogP contribution in [0.1, 0.15) is 70.6 Å². The van der Waals surface area contributed by atoms with E-state index in [0.717, 1.165) is 45.2 Å². The van der Waals surface area contributed by atoms with Gasteiger partial charge in [0.25, 0.3) is 0 Å². The third-order valence-electron chi connectivity index (χ3n) is 5.15. The molecule has 1 rings (SSSR count). The second-order valence-corrected chi connectivity index (χ2v) is 7.25. The summed E-state index contributed by atoms with van der Waals surface area (Å²) in [7, 11) is 0. The number of nitrogens with two attached hydrogens (primary N) is 2. The highest BCUT2D eigenvalue weighted by atomic mass is 15.1. The lowest BCUT2D eigenvalue weighted by Crippen LogP contribution is -2.39. The zero-order chi connectivity index (χ0) is 16.6. The monoisotopic (exact) mass is 326 g/mol. The molecule has 0 aromatic carbocycles. The van der Waals surface area contributed by atoms with Gasteiger partial charge in [-0.3, -0.25) is 4.90 Å². The van der Waals surface area contributed by atoms with Gasteiger partial charge in [0.15, 0.2) is 0 Å². The lowest BCUT2D eigenvalue weighted by molar-refractivity contribution is 0.281. The average molecular weight is 327 g/mol. The van der Waals surface area contributed by atoms with E-state index in [1.165, 1.54) is 77.2 Å². The smallest absolute Gasteiger partial charge is 0.0108 e. The van der Waals surface area contributed by atoms with Crippen molar-refractivity contribution in [2.45, 2.75) is 70.6 Å². The predicted octanol–water partition coefficient (Wildman–Crippen LogP) is 2.72. The van der Waals surface area contributed by atoms with E-state index in [9.17, 15) is 0 Å². The fraction of sp³-hybridized carbons (Fsp3) is 1.00. The molecule has 0 unspecified atom stereocenters. The van der Waals surface area contributed by atoms with Crippen LogP contribution in [0.4, 0.5) is 0 Å². The van der Waals surface area contributed by atoms with Crippen LogP contribution in [0.3, 0.4) is 0 Å². The Hall–Kier alpha value is -0.160. The Balaban J connectivity index is 2.17. The van der Waals surface area contributed by atoms with Crippen molar-refractivity contribution < 1.29 is 0 Å². The van der Waals surface area contributed by atoms with Gasteiger partial charge in [0.05, 0.1) is 0 Å². The Morgan fingerprint density at radius 2 is 1.17 bits per heavy atom. The molecule has 0 spiro atoms. The van der Waals surface area contributed by atoms with Gasteiger partial charge in [-0.1, -0.05) is 57.8 Å². The van der Waals surface area contributed by atoms with E-state index < -0.39 is 0 Å². The molecule has 0 radical (unpaired) electrons. The summed E-state index contributed by atoms with van der Waals surface area (Å²) in [6.45, 7) is 6.70. The van der Waals surface area contributed by atoms with Crippen LogP contribution in [0, 0.1) is 5.92 Å². The van der Waals surface area contributed by atoms with Crippen LogP contribution in [0.15, 0.2) is 0 Å². The number of hydrogen-bond donors (Lipinski definition) is 3. The number of nitrogens with one attached hydrogen (secondary N) is 1. The van der Waals surface area contributed by atoms with Gasteiger partial charge >= 0.3 is 0 Å². The first-order valence-corrected chi connectivity index (χ1v) is 10.2. The maximum atomic E-state index is 5.66. The van der Waals surface area contributed by atoms with Crippen LogP contribution in [0.2, 0.25) is 0 Å². The SMILES string of the molecule is NCCN(CCN)CCNCC1CCCCCCCCCCC1. The Bertz CT molecular complexity index is 230. The van der Waals surface area contributed by atoms with E-state index >= 15 is 0 Å². The summed E-state index contributed by atoms with van der Waals surface area (Å²) in [4.78, 5) is 2.37. The zero-order valence-electron chi connectivity index (χ0n) is 15.4. The molecule has 5 N–H and O–H groups in total. The molecule has 0 saturated heterocycles. The van der Waals surface area contributed by atoms with Crippen LogP contribution in [-0.4, -0.2) is 50.7 Å². The quantitative estimate of drug-likeness (QED) is 0.570. The van der Waals surface area contributed by atoms with Gasteiger partial charge in [-0.05, 0) is 25.3 Å². The van der Waals surface area contributed by atoms with Crippen molar-refractivity contribution in [3.8, 4) is 0 Å². The first kappa shape index (κ1) is 20.9. The zero-order valence-corrected chi connectivity index (χ0v) is 15.4. The van der Waals surface area contributed by atoms with Gasteiger partial charge in [0, 0.05) is 39.3 Å². The molecule has 0 aliphatic heterocycles. The second kappa shape index (κ2) is 15.4. The Morgan fingerprint density at radius 1 is 0.696 bits per heavy atom. The van der Waals surface area contributed by atoms with Crippen LogP contribution >= 0.6 is 0 Å². The largest absolute Gasteiger partial charge is 0.329 e. The molecular formula is C19H42N4. The van der Waals surface area contributed by atoms with Gasteiger partial charge in [-0.25, -0.2) is 0 Å². The molecule has 1 aliphatic carbocycles. The molecule has 0 aromatic heterocycles. The molecule has 0 heterocycles. The summed E-state index contributed by atoms with van der Waals surface area (Å²) >= 11 is 0. The van der Waals surface area contributed by atoms with Gasteiger partial charge in [0.2, 0.25) is 0 Å². The van der Waals surface area contributed by atoms with Gasteiger partial charge in [0.1, 0.15) is 0 Å². The van der Waals surface area contributed by atoms with E-state index in [0.29, 0.717) is 0 Å². The summed E-state index contributed by atoms with van der Waals surface area (Å²) in [5.41, 5.74) is 11.3. The molecule has 1 saturated carbocycles. The number of nitrogens with zero attached hydrogens (tertiary/aromatic N) is 1. The molecule has 0 aromatic rings. The first-order chi connectivity index (χ1) is 11.4. The molecule has 0 atom stereocenters. The van der Waals surface area contributed by atoms with E-state index in [-0.39, 0.29) is 0 Å². The average Bonchev–Trinajstić information content (AvgIpc) is 2.53. The molecule has 4 heteroatoms. The van der Waals surface area contributed by atoms with E-state index in [4.69, 9.17) is 11.5 Å². The molecule has 1 fully saturated rings. The summed E-state index contributed by atoms with van der Waals surface area (Å²) in [5.74, 6) is 0.881. The second-order valence-electron chi connectivity index (χ2n) is 7.25. The van der Waals surface area contributed by atoms with Crippen molar-refractivity contribution in [3.63, 3.8) is 0 Å². The summed E-state index contributed by atoms with van der Waals surface area (Å²) in [5, 5.41) is 3.69. The normalized spacial score (nSPS) is 19.4. The highest BCUT2D eigenvalue weighted by Gasteiger charge is 2.10.